The molecule has 2 nitrogen and oxygen atoms in total. The molecule has 1 aromatic heterocycles. The molecule has 2 aromatic rings. The summed E-state index contributed by atoms with van der Waals surface area (Å²) in [5.74, 6) is -0.182. The number of halogens is 4. The van der Waals surface area contributed by atoms with Crippen molar-refractivity contribution in [2.24, 2.45) is 0 Å². The fourth-order valence-corrected chi connectivity index (χ4v) is 1.84. The number of hydrogen-bond acceptors (Lipinski definition) is 2. The lowest BCUT2D eigenvalue weighted by Crippen LogP contribution is -2.09. The zero-order valence-corrected chi connectivity index (χ0v) is 9.76. The second-order valence-corrected chi connectivity index (χ2v) is 4.04. The SMILES string of the molecule is Nc1cc(C(F)(F)F)c(-c2ccccc2Cl)cn1. The number of aromatic nitrogens is 1. The third-order valence-electron chi connectivity index (χ3n) is 2.39. The van der Waals surface area contributed by atoms with E-state index in [1.165, 1.54) is 12.1 Å². The molecule has 0 unspecified atom stereocenters. The maximum Gasteiger partial charge on any atom is 0.417 e. The van der Waals surface area contributed by atoms with E-state index >= 15 is 0 Å². The van der Waals surface area contributed by atoms with Gasteiger partial charge >= 0.3 is 6.18 Å². The Morgan fingerprint density at radius 2 is 1.78 bits per heavy atom. The smallest absolute Gasteiger partial charge is 0.384 e. The lowest BCUT2D eigenvalue weighted by atomic mass is 10.0. The molecule has 2 rings (SSSR count). The van der Waals surface area contributed by atoms with E-state index in [0.29, 0.717) is 0 Å². The molecule has 6 heteroatoms. The molecule has 0 atom stereocenters. The molecule has 18 heavy (non-hydrogen) atoms. The van der Waals surface area contributed by atoms with Gasteiger partial charge in [-0.25, -0.2) is 4.98 Å². The Bertz CT molecular complexity index is 582. The molecule has 0 bridgehead atoms. The highest BCUT2D eigenvalue weighted by atomic mass is 35.5. The normalized spacial score (nSPS) is 11.6. The summed E-state index contributed by atoms with van der Waals surface area (Å²) >= 11 is 5.89. The summed E-state index contributed by atoms with van der Waals surface area (Å²) < 4.78 is 38.8. The molecule has 0 radical (unpaired) electrons. The van der Waals surface area contributed by atoms with Gasteiger partial charge in [0.2, 0.25) is 0 Å². The number of alkyl halides is 3. The van der Waals surface area contributed by atoms with Crippen LogP contribution in [-0.4, -0.2) is 4.98 Å². The molecular weight excluding hydrogens is 265 g/mol. The molecule has 0 saturated carbocycles. The molecule has 1 heterocycles. The van der Waals surface area contributed by atoms with Crippen LogP contribution < -0.4 is 5.73 Å². The highest BCUT2D eigenvalue weighted by Crippen LogP contribution is 2.39. The van der Waals surface area contributed by atoms with Gasteiger partial charge in [0.05, 0.1) is 5.56 Å². The van der Waals surface area contributed by atoms with E-state index in [1.54, 1.807) is 12.1 Å². The number of hydrogen-bond donors (Lipinski definition) is 1. The number of nitrogens with two attached hydrogens (primary N) is 1. The van der Waals surface area contributed by atoms with E-state index in [-0.39, 0.29) is 22.0 Å². The molecule has 0 aliphatic heterocycles. The van der Waals surface area contributed by atoms with Crippen molar-refractivity contribution < 1.29 is 13.2 Å². The van der Waals surface area contributed by atoms with Crippen LogP contribution in [0.1, 0.15) is 5.56 Å². The number of rotatable bonds is 1. The molecule has 0 saturated heterocycles. The molecule has 1 aromatic carbocycles. The highest BCUT2D eigenvalue weighted by Gasteiger charge is 2.34. The largest absolute Gasteiger partial charge is 0.417 e. The van der Waals surface area contributed by atoms with E-state index in [4.69, 9.17) is 17.3 Å². The third-order valence-corrected chi connectivity index (χ3v) is 2.72. The standard InChI is InChI=1S/C12H8ClF3N2/c13-10-4-2-1-3-7(10)8-6-18-11(17)5-9(8)12(14,15)16/h1-6H,(H2,17,18). The molecular formula is C12H8ClF3N2. The molecule has 94 valence electrons. The summed E-state index contributed by atoms with van der Waals surface area (Å²) in [5.41, 5.74) is 4.65. The number of benzene rings is 1. The van der Waals surface area contributed by atoms with Gasteiger partial charge in [-0.3, -0.25) is 0 Å². The van der Waals surface area contributed by atoms with Gasteiger partial charge in [-0.1, -0.05) is 29.8 Å². The van der Waals surface area contributed by atoms with Crippen LogP contribution in [0.5, 0.6) is 0 Å². The van der Waals surface area contributed by atoms with Crippen molar-refractivity contribution in [3.05, 3.63) is 47.1 Å². The van der Waals surface area contributed by atoms with E-state index in [9.17, 15) is 13.2 Å². The maximum atomic E-state index is 12.9. The summed E-state index contributed by atoms with van der Waals surface area (Å²) in [6.45, 7) is 0. The van der Waals surface area contributed by atoms with E-state index < -0.39 is 11.7 Å². The van der Waals surface area contributed by atoms with Gasteiger partial charge in [-0.05, 0) is 12.1 Å². The minimum absolute atomic E-state index is 0.0812. The molecule has 0 fully saturated rings. The Morgan fingerprint density at radius 1 is 1.11 bits per heavy atom. The maximum absolute atomic E-state index is 12.9. The second-order valence-electron chi connectivity index (χ2n) is 3.63. The van der Waals surface area contributed by atoms with Gasteiger partial charge < -0.3 is 5.73 Å². The molecule has 0 amide bonds. The van der Waals surface area contributed by atoms with E-state index in [2.05, 4.69) is 4.98 Å². The summed E-state index contributed by atoms with van der Waals surface area (Å²) in [4.78, 5) is 3.69. The van der Waals surface area contributed by atoms with Crippen LogP contribution in [0.4, 0.5) is 19.0 Å². The van der Waals surface area contributed by atoms with Gasteiger partial charge in [0.1, 0.15) is 5.82 Å². The van der Waals surface area contributed by atoms with E-state index in [1.807, 2.05) is 0 Å². The summed E-state index contributed by atoms with van der Waals surface area (Å²) in [7, 11) is 0. The zero-order chi connectivity index (χ0) is 13.3. The van der Waals surface area contributed by atoms with E-state index in [0.717, 1.165) is 12.3 Å². The van der Waals surface area contributed by atoms with Crippen LogP contribution in [0.2, 0.25) is 5.02 Å². The molecule has 2 N–H and O–H groups in total. The Morgan fingerprint density at radius 3 is 2.39 bits per heavy atom. The fraction of sp³-hybridized carbons (Fsp3) is 0.0833. The van der Waals surface area contributed by atoms with Gasteiger partial charge in [-0.2, -0.15) is 13.2 Å². The number of pyridine rings is 1. The first-order valence-corrected chi connectivity index (χ1v) is 5.35. The first-order valence-electron chi connectivity index (χ1n) is 4.97. The lowest BCUT2D eigenvalue weighted by molar-refractivity contribution is -0.137. The van der Waals surface area contributed by atoms with Crippen LogP contribution in [0.25, 0.3) is 11.1 Å². The van der Waals surface area contributed by atoms with Crippen molar-refractivity contribution in [2.45, 2.75) is 6.18 Å². The van der Waals surface area contributed by atoms with Crippen molar-refractivity contribution in [2.75, 3.05) is 5.73 Å². The van der Waals surface area contributed by atoms with Crippen LogP contribution in [-0.2, 0) is 6.18 Å². The fourth-order valence-electron chi connectivity index (χ4n) is 1.60. The summed E-state index contributed by atoms with van der Waals surface area (Å²) in [6.07, 6.45) is -3.43. The Labute approximate surface area is 106 Å². The Kier molecular flexibility index (Phi) is 3.17. The first kappa shape index (κ1) is 12.7. The van der Waals surface area contributed by atoms with Crippen LogP contribution >= 0.6 is 11.6 Å². The predicted octanol–water partition coefficient (Wildman–Crippen LogP) is 4.00. The minimum atomic E-state index is -4.51. The van der Waals surface area contributed by atoms with Crippen molar-refractivity contribution >= 4 is 17.4 Å². The highest BCUT2D eigenvalue weighted by molar-refractivity contribution is 6.33. The summed E-state index contributed by atoms with van der Waals surface area (Å²) in [5, 5.41) is 0.231. The number of anilines is 1. The van der Waals surface area contributed by atoms with Gasteiger partial charge in [-0.15, -0.1) is 0 Å². The minimum Gasteiger partial charge on any atom is -0.384 e. The predicted molar refractivity (Wildman–Crippen MR) is 64.1 cm³/mol. The zero-order valence-electron chi connectivity index (χ0n) is 9.00. The van der Waals surface area contributed by atoms with Crippen LogP contribution in [0.3, 0.4) is 0 Å². The second kappa shape index (κ2) is 4.49. The Hall–Kier alpha value is -1.75. The third kappa shape index (κ3) is 2.41. The van der Waals surface area contributed by atoms with Crippen LogP contribution in [0.15, 0.2) is 36.5 Å². The van der Waals surface area contributed by atoms with Gasteiger partial charge in [0.15, 0.2) is 0 Å². The average Bonchev–Trinajstić information content (AvgIpc) is 2.29. The van der Waals surface area contributed by atoms with Crippen LogP contribution in [0, 0.1) is 0 Å². The quantitative estimate of drug-likeness (QED) is 0.852. The van der Waals surface area contributed by atoms with Gasteiger partial charge in [0.25, 0.3) is 0 Å². The lowest BCUT2D eigenvalue weighted by Gasteiger charge is -2.14. The van der Waals surface area contributed by atoms with Gasteiger partial charge in [0, 0.05) is 22.3 Å². The topological polar surface area (TPSA) is 38.9 Å². The van der Waals surface area contributed by atoms with Crippen molar-refractivity contribution in [3.8, 4) is 11.1 Å². The monoisotopic (exact) mass is 272 g/mol. The molecule has 0 spiro atoms. The first-order chi connectivity index (χ1) is 8.39. The average molecular weight is 273 g/mol. The molecule has 0 aliphatic carbocycles. The Balaban J connectivity index is 2.69. The molecule has 0 aliphatic rings. The number of nitrogens with zero attached hydrogens (tertiary/aromatic N) is 1. The van der Waals surface area contributed by atoms with Crippen molar-refractivity contribution in [3.63, 3.8) is 0 Å². The number of nitrogen functional groups attached to an aromatic ring is 1. The summed E-state index contributed by atoms with van der Waals surface area (Å²) in [6, 6.07) is 7.08. The van der Waals surface area contributed by atoms with Crippen molar-refractivity contribution in [1.82, 2.24) is 4.98 Å². The van der Waals surface area contributed by atoms with Crippen molar-refractivity contribution in [1.29, 1.82) is 0 Å².